The van der Waals surface area contributed by atoms with Crippen molar-refractivity contribution in [3.05, 3.63) is 33.3 Å². The third-order valence-corrected chi connectivity index (χ3v) is 2.36. The van der Waals surface area contributed by atoms with Gasteiger partial charge in [-0.25, -0.2) is 17.6 Å². The number of halogens is 5. The smallest absolute Gasteiger partial charge is 0.176 e. The van der Waals surface area contributed by atoms with Gasteiger partial charge in [0.25, 0.3) is 0 Å². The first-order valence-electron chi connectivity index (χ1n) is 3.57. The summed E-state index contributed by atoms with van der Waals surface area (Å²) in [6.45, 7) is 1.01. The highest BCUT2D eigenvalue weighted by Crippen LogP contribution is 2.31. The van der Waals surface area contributed by atoms with Crippen LogP contribution in [0.25, 0.3) is 0 Å². The number of benzene rings is 1. The van der Waals surface area contributed by atoms with E-state index in [0.717, 1.165) is 6.92 Å². The number of aliphatic hydroxyl groups excluding tert-OH is 1. The monoisotopic (exact) mass is 272 g/mol. The fraction of sp³-hybridized carbons (Fsp3) is 0.250. The number of hydrogen-bond acceptors (Lipinski definition) is 1. The van der Waals surface area contributed by atoms with Crippen LogP contribution >= 0.6 is 15.9 Å². The zero-order chi connectivity index (χ0) is 11.0. The van der Waals surface area contributed by atoms with Crippen molar-refractivity contribution >= 4 is 15.9 Å². The Bertz CT molecular complexity index is 349. The minimum atomic E-state index is -1.62. The topological polar surface area (TPSA) is 20.2 Å². The predicted octanol–water partition coefficient (Wildman–Crippen LogP) is 3.06. The standard InChI is InChI=1S/C8H5BrF4O/c1-2(14)3-5(10)7(12)4(9)8(13)6(3)11/h2,14H,1H3. The molecule has 0 heterocycles. The molecular formula is C8H5BrF4O. The van der Waals surface area contributed by atoms with Crippen LogP contribution in [0.1, 0.15) is 18.6 Å². The molecule has 0 spiro atoms. The molecule has 1 aromatic rings. The van der Waals surface area contributed by atoms with Crippen LogP contribution in [0.15, 0.2) is 4.47 Å². The van der Waals surface area contributed by atoms with Crippen LogP contribution in [0.2, 0.25) is 0 Å². The first-order chi connectivity index (χ1) is 6.37. The maximum absolute atomic E-state index is 13.0. The maximum atomic E-state index is 13.0. The molecule has 0 aliphatic rings. The van der Waals surface area contributed by atoms with Gasteiger partial charge < -0.3 is 5.11 Å². The zero-order valence-corrected chi connectivity index (χ0v) is 8.50. The van der Waals surface area contributed by atoms with Crippen molar-refractivity contribution in [2.24, 2.45) is 0 Å². The average Bonchev–Trinajstić information content (AvgIpc) is 2.11. The second-order valence-electron chi connectivity index (χ2n) is 2.66. The average molecular weight is 273 g/mol. The highest BCUT2D eigenvalue weighted by molar-refractivity contribution is 9.10. The lowest BCUT2D eigenvalue weighted by Crippen LogP contribution is -2.07. The molecule has 1 nitrogen and oxygen atoms in total. The Labute approximate surface area is 85.5 Å². The summed E-state index contributed by atoms with van der Waals surface area (Å²) < 4.78 is 50.8. The van der Waals surface area contributed by atoms with Crippen LogP contribution in [0, 0.1) is 23.3 Å². The highest BCUT2D eigenvalue weighted by Gasteiger charge is 2.26. The van der Waals surface area contributed by atoms with Crippen molar-refractivity contribution < 1.29 is 22.7 Å². The molecule has 0 saturated carbocycles. The Morgan fingerprint density at radius 1 is 1.00 bits per heavy atom. The third-order valence-electron chi connectivity index (χ3n) is 1.66. The number of hydrogen-bond donors (Lipinski definition) is 1. The maximum Gasteiger partial charge on any atom is 0.176 e. The summed E-state index contributed by atoms with van der Waals surface area (Å²) >= 11 is 2.35. The molecule has 0 saturated heterocycles. The van der Waals surface area contributed by atoms with Crippen LogP contribution in [0.4, 0.5) is 17.6 Å². The normalized spacial score (nSPS) is 13.1. The summed E-state index contributed by atoms with van der Waals surface area (Å²) in [7, 11) is 0. The minimum absolute atomic E-state index is 0.920. The molecule has 6 heteroatoms. The van der Waals surface area contributed by atoms with Gasteiger partial charge in [-0.3, -0.25) is 0 Å². The second kappa shape index (κ2) is 3.86. The Morgan fingerprint density at radius 3 is 1.64 bits per heavy atom. The van der Waals surface area contributed by atoms with E-state index in [0.29, 0.717) is 0 Å². The lowest BCUT2D eigenvalue weighted by molar-refractivity contribution is 0.184. The van der Waals surface area contributed by atoms with Gasteiger partial charge in [-0.15, -0.1) is 0 Å². The van der Waals surface area contributed by atoms with Crippen LogP contribution in [-0.4, -0.2) is 5.11 Å². The molecule has 78 valence electrons. The van der Waals surface area contributed by atoms with Gasteiger partial charge in [0, 0.05) is 0 Å². The number of rotatable bonds is 1. The van der Waals surface area contributed by atoms with Crippen LogP contribution in [0.5, 0.6) is 0 Å². The zero-order valence-electron chi connectivity index (χ0n) is 6.91. The van der Waals surface area contributed by atoms with E-state index in [1.165, 1.54) is 0 Å². The van der Waals surface area contributed by atoms with Crippen LogP contribution < -0.4 is 0 Å². The summed E-state index contributed by atoms with van der Waals surface area (Å²) in [5.41, 5.74) is -1.01. The summed E-state index contributed by atoms with van der Waals surface area (Å²) in [5.74, 6) is -6.30. The molecule has 0 amide bonds. The second-order valence-corrected chi connectivity index (χ2v) is 3.45. The van der Waals surface area contributed by atoms with Gasteiger partial charge in [-0.1, -0.05) is 0 Å². The van der Waals surface area contributed by atoms with E-state index >= 15 is 0 Å². The molecule has 1 rings (SSSR count). The quantitative estimate of drug-likeness (QED) is 0.473. The Morgan fingerprint density at radius 2 is 1.36 bits per heavy atom. The molecule has 0 fully saturated rings. The van der Waals surface area contributed by atoms with Crippen LogP contribution in [-0.2, 0) is 0 Å². The van der Waals surface area contributed by atoms with Crippen molar-refractivity contribution in [1.82, 2.24) is 0 Å². The van der Waals surface area contributed by atoms with Crippen LogP contribution in [0.3, 0.4) is 0 Å². The molecule has 0 bridgehead atoms. The lowest BCUT2D eigenvalue weighted by Gasteiger charge is -2.10. The molecule has 0 aliphatic carbocycles. The van der Waals surface area contributed by atoms with E-state index in [1.807, 2.05) is 0 Å². The van der Waals surface area contributed by atoms with Crippen molar-refractivity contribution in [1.29, 1.82) is 0 Å². The summed E-state index contributed by atoms with van der Waals surface area (Å²) in [5, 5.41) is 8.90. The number of aliphatic hydroxyl groups is 1. The van der Waals surface area contributed by atoms with E-state index < -0.39 is 39.4 Å². The van der Waals surface area contributed by atoms with E-state index in [-0.39, 0.29) is 0 Å². The van der Waals surface area contributed by atoms with Gasteiger partial charge in [0.05, 0.1) is 16.1 Å². The summed E-state index contributed by atoms with van der Waals surface area (Å²) in [6, 6.07) is 0. The van der Waals surface area contributed by atoms with Gasteiger partial charge >= 0.3 is 0 Å². The minimum Gasteiger partial charge on any atom is -0.388 e. The summed E-state index contributed by atoms with van der Waals surface area (Å²) in [6.07, 6.45) is -1.62. The molecule has 14 heavy (non-hydrogen) atoms. The molecule has 0 aromatic heterocycles. The van der Waals surface area contributed by atoms with E-state index in [9.17, 15) is 17.6 Å². The summed E-state index contributed by atoms with van der Waals surface area (Å²) in [4.78, 5) is 0. The highest BCUT2D eigenvalue weighted by atomic mass is 79.9. The van der Waals surface area contributed by atoms with Gasteiger partial charge in [-0.2, -0.15) is 0 Å². The van der Waals surface area contributed by atoms with Gasteiger partial charge in [0.15, 0.2) is 23.3 Å². The lowest BCUT2D eigenvalue weighted by atomic mass is 10.1. The molecule has 1 N–H and O–H groups in total. The van der Waals surface area contributed by atoms with E-state index in [2.05, 4.69) is 15.9 Å². The third kappa shape index (κ3) is 1.64. The molecule has 1 unspecified atom stereocenters. The van der Waals surface area contributed by atoms with E-state index in [4.69, 9.17) is 5.11 Å². The fourth-order valence-corrected chi connectivity index (χ4v) is 1.34. The van der Waals surface area contributed by atoms with Gasteiger partial charge in [-0.05, 0) is 22.9 Å². The Hall–Kier alpha value is -0.620. The van der Waals surface area contributed by atoms with Crippen molar-refractivity contribution in [3.63, 3.8) is 0 Å². The molecule has 1 aromatic carbocycles. The Kier molecular flexibility index (Phi) is 3.16. The largest absolute Gasteiger partial charge is 0.388 e. The van der Waals surface area contributed by atoms with Crippen molar-refractivity contribution in [2.45, 2.75) is 13.0 Å². The Balaban J connectivity index is 3.60. The fourth-order valence-electron chi connectivity index (χ4n) is 0.989. The van der Waals surface area contributed by atoms with Crippen molar-refractivity contribution in [3.8, 4) is 0 Å². The van der Waals surface area contributed by atoms with E-state index in [1.54, 1.807) is 0 Å². The first-order valence-corrected chi connectivity index (χ1v) is 4.36. The van der Waals surface area contributed by atoms with Crippen molar-refractivity contribution in [2.75, 3.05) is 0 Å². The first kappa shape index (κ1) is 11.5. The predicted molar refractivity (Wildman–Crippen MR) is 44.6 cm³/mol. The molecule has 1 atom stereocenters. The van der Waals surface area contributed by atoms with Gasteiger partial charge in [0.1, 0.15) is 0 Å². The van der Waals surface area contributed by atoms with Gasteiger partial charge in [0.2, 0.25) is 0 Å². The molecule has 0 radical (unpaired) electrons. The molecule has 0 aliphatic heterocycles. The molecular weight excluding hydrogens is 268 g/mol. The SMILES string of the molecule is CC(O)c1c(F)c(F)c(Br)c(F)c1F.